The molecule has 0 radical (unpaired) electrons. The SMILES string of the molecule is COc1ccc2[nH]cc(C3CCN(CCc4cnn(C(C)C)c4)CC3)c2c1.O=C(O)C(=O)O. The summed E-state index contributed by atoms with van der Waals surface area (Å²) in [4.78, 5) is 24.2. The van der Waals surface area contributed by atoms with E-state index in [2.05, 4.69) is 53.4 Å². The Kier molecular flexibility index (Phi) is 8.11. The number of methoxy groups -OCH3 is 1. The first kappa shape index (κ1) is 24.3. The maximum Gasteiger partial charge on any atom is 0.414 e. The van der Waals surface area contributed by atoms with Crippen molar-refractivity contribution < 1.29 is 24.5 Å². The number of nitrogens with zero attached hydrogens (tertiary/aromatic N) is 3. The molecule has 0 amide bonds. The van der Waals surface area contributed by atoms with Crippen molar-refractivity contribution in [3.63, 3.8) is 0 Å². The van der Waals surface area contributed by atoms with E-state index >= 15 is 0 Å². The van der Waals surface area contributed by atoms with Gasteiger partial charge in [-0.2, -0.15) is 5.10 Å². The van der Waals surface area contributed by atoms with Crippen molar-refractivity contribution in [3.05, 3.63) is 47.9 Å². The van der Waals surface area contributed by atoms with Gasteiger partial charge >= 0.3 is 11.9 Å². The van der Waals surface area contributed by atoms with Crippen LogP contribution in [0.3, 0.4) is 0 Å². The van der Waals surface area contributed by atoms with E-state index in [1.165, 1.54) is 48.0 Å². The Balaban J connectivity index is 0.000000454. The van der Waals surface area contributed by atoms with E-state index in [1.54, 1.807) is 7.11 Å². The zero-order valence-electron chi connectivity index (χ0n) is 19.3. The van der Waals surface area contributed by atoms with Crippen LogP contribution in [0, 0.1) is 0 Å². The summed E-state index contributed by atoms with van der Waals surface area (Å²) in [5.74, 6) is -2.08. The fraction of sp³-hybridized carbons (Fsp3) is 0.458. The number of benzene rings is 1. The van der Waals surface area contributed by atoms with Gasteiger partial charge in [-0.05, 0) is 81.4 Å². The lowest BCUT2D eigenvalue weighted by molar-refractivity contribution is -0.159. The predicted octanol–water partition coefficient (Wildman–Crippen LogP) is 3.53. The minimum atomic E-state index is -1.82. The standard InChI is InChI=1S/C22H30N4O.C2H2O4/c1-16(2)26-15-17(13-24-26)6-9-25-10-7-18(8-11-25)21-14-23-22-5-4-19(27-3)12-20(21)22;3-1(4)2(5)6/h4-5,12-16,18,23H,6-11H2,1-3H3;(H,3,4)(H,5,6). The van der Waals surface area contributed by atoms with Crippen molar-refractivity contribution in [1.29, 1.82) is 0 Å². The molecule has 0 unspecified atom stereocenters. The number of carboxylic acid groups (broad SMARTS) is 2. The number of aromatic amines is 1. The number of H-pyrrole nitrogens is 1. The number of aromatic nitrogens is 3. The summed E-state index contributed by atoms with van der Waals surface area (Å²) >= 11 is 0. The fourth-order valence-corrected chi connectivity index (χ4v) is 4.13. The third kappa shape index (κ3) is 6.35. The number of hydrogen-bond donors (Lipinski definition) is 3. The minimum absolute atomic E-state index is 0.435. The summed E-state index contributed by atoms with van der Waals surface area (Å²) in [6.07, 6.45) is 9.93. The number of rotatable bonds is 6. The van der Waals surface area contributed by atoms with Crippen LogP contribution in [0.4, 0.5) is 0 Å². The lowest BCUT2D eigenvalue weighted by Crippen LogP contribution is -2.34. The molecule has 178 valence electrons. The molecule has 0 saturated carbocycles. The van der Waals surface area contributed by atoms with E-state index in [0.29, 0.717) is 12.0 Å². The van der Waals surface area contributed by atoms with Gasteiger partial charge in [-0.1, -0.05) is 0 Å². The van der Waals surface area contributed by atoms with Crippen LogP contribution in [0.1, 0.15) is 49.8 Å². The lowest BCUT2D eigenvalue weighted by atomic mass is 9.89. The van der Waals surface area contributed by atoms with Crippen molar-refractivity contribution >= 4 is 22.8 Å². The van der Waals surface area contributed by atoms with E-state index in [1.807, 2.05) is 16.9 Å². The molecule has 4 rings (SSSR count). The van der Waals surface area contributed by atoms with E-state index in [4.69, 9.17) is 24.5 Å². The largest absolute Gasteiger partial charge is 0.497 e. The second kappa shape index (κ2) is 11.0. The Bertz CT molecular complexity index is 1070. The zero-order valence-corrected chi connectivity index (χ0v) is 19.3. The third-order valence-corrected chi connectivity index (χ3v) is 6.03. The molecule has 0 bridgehead atoms. The molecule has 1 aliphatic heterocycles. The van der Waals surface area contributed by atoms with Crippen molar-refractivity contribution in [1.82, 2.24) is 19.7 Å². The summed E-state index contributed by atoms with van der Waals surface area (Å²) in [6.45, 7) is 7.79. The maximum atomic E-state index is 9.10. The number of fused-ring (bicyclic) bond motifs is 1. The topological polar surface area (TPSA) is 121 Å². The Labute approximate surface area is 193 Å². The van der Waals surface area contributed by atoms with Gasteiger partial charge in [0.25, 0.3) is 0 Å². The van der Waals surface area contributed by atoms with Crippen molar-refractivity contribution in [3.8, 4) is 5.75 Å². The minimum Gasteiger partial charge on any atom is -0.497 e. The van der Waals surface area contributed by atoms with Crippen molar-refractivity contribution in [2.45, 2.75) is 45.1 Å². The van der Waals surface area contributed by atoms with Gasteiger partial charge in [0.2, 0.25) is 0 Å². The highest BCUT2D eigenvalue weighted by Crippen LogP contribution is 2.34. The van der Waals surface area contributed by atoms with Gasteiger partial charge in [0.1, 0.15) is 5.75 Å². The molecule has 1 aliphatic rings. The third-order valence-electron chi connectivity index (χ3n) is 6.03. The quantitative estimate of drug-likeness (QED) is 0.485. The molecule has 1 fully saturated rings. The fourth-order valence-electron chi connectivity index (χ4n) is 4.13. The maximum absolute atomic E-state index is 9.10. The van der Waals surface area contributed by atoms with Gasteiger partial charge in [0, 0.05) is 35.9 Å². The van der Waals surface area contributed by atoms with Crippen LogP contribution in [0.15, 0.2) is 36.8 Å². The summed E-state index contributed by atoms with van der Waals surface area (Å²) < 4.78 is 7.46. The average Bonchev–Trinajstić information content (AvgIpc) is 3.45. The second-order valence-electron chi connectivity index (χ2n) is 8.55. The summed E-state index contributed by atoms with van der Waals surface area (Å²) in [5, 5.41) is 20.5. The number of piperidine rings is 1. The number of likely N-dealkylation sites (tertiary alicyclic amines) is 1. The predicted molar refractivity (Wildman–Crippen MR) is 125 cm³/mol. The van der Waals surface area contributed by atoms with Crippen LogP contribution in [-0.4, -0.2) is 68.6 Å². The molecule has 1 saturated heterocycles. The Morgan fingerprint density at radius 3 is 2.48 bits per heavy atom. The number of hydrogen-bond acceptors (Lipinski definition) is 5. The van der Waals surface area contributed by atoms with Gasteiger partial charge < -0.3 is 24.8 Å². The summed E-state index contributed by atoms with van der Waals surface area (Å²) in [6, 6.07) is 6.74. The molecule has 9 heteroatoms. The second-order valence-corrected chi connectivity index (χ2v) is 8.55. The number of nitrogens with one attached hydrogen (secondary N) is 1. The van der Waals surface area contributed by atoms with Crippen molar-refractivity contribution in [2.24, 2.45) is 0 Å². The van der Waals surface area contributed by atoms with E-state index in [-0.39, 0.29) is 0 Å². The number of carbonyl (C=O) groups is 2. The van der Waals surface area contributed by atoms with E-state index < -0.39 is 11.9 Å². The van der Waals surface area contributed by atoms with Crippen LogP contribution in [0.5, 0.6) is 5.75 Å². The first-order chi connectivity index (χ1) is 15.8. The Morgan fingerprint density at radius 2 is 1.91 bits per heavy atom. The van der Waals surface area contributed by atoms with Crippen LogP contribution in [0.2, 0.25) is 0 Å². The molecule has 0 aliphatic carbocycles. The highest BCUT2D eigenvalue weighted by molar-refractivity contribution is 6.27. The molecule has 3 N–H and O–H groups in total. The summed E-state index contributed by atoms with van der Waals surface area (Å²) in [5.41, 5.74) is 3.99. The van der Waals surface area contributed by atoms with Gasteiger partial charge in [0.05, 0.1) is 13.3 Å². The monoisotopic (exact) mass is 456 g/mol. The molecule has 0 spiro atoms. The molecular formula is C24H32N4O5. The number of carboxylic acids is 2. The zero-order chi connectivity index (χ0) is 24.0. The number of aliphatic carboxylic acids is 2. The van der Waals surface area contributed by atoms with Crippen LogP contribution in [-0.2, 0) is 16.0 Å². The van der Waals surface area contributed by atoms with Crippen LogP contribution in [0.25, 0.3) is 10.9 Å². The van der Waals surface area contributed by atoms with Crippen LogP contribution >= 0.6 is 0 Å². The highest BCUT2D eigenvalue weighted by atomic mass is 16.5. The Hall–Kier alpha value is -3.33. The van der Waals surface area contributed by atoms with Gasteiger partial charge in [0.15, 0.2) is 0 Å². The molecule has 33 heavy (non-hydrogen) atoms. The summed E-state index contributed by atoms with van der Waals surface area (Å²) in [7, 11) is 1.73. The van der Waals surface area contributed by atoms with Gasteiger partial charge in [-0.15, -0.1) is 0 Å². The van der Waals surface area contributed by atoms with Crippen LogP contribution < -0.4 is 4.74 Å². The first-order valence-corrected chi connectivity index (χ1v) is 11.1. The van der Waals surface area contributed by atoms with E-state index in [9.17, 15) is 0 Å². The molecule has 2 aromatic heterocycles. The molecule has 0 atom stereocenters. The highest BCUT2D eigenvalue weighted by Gasteiger charge is 2.23. The average molecular weight is 457 g/mol. The molecule has 9 nitrogen and oxygen atoms in total. The molecular weight excluding hydrogens is 424 g/mol. The Morgan fingerprint density at radius 1 is 1.21 bits per heavy atom. The molecule has 3 aromatic rings. The first-order valence-electron chi connectivity index (χ1n) is 11.1. The normalized spacial score (nSPS) is 14.8. The van der Waals surface area contributed by atoms with E-state index in [0.717, 1.165) is 18.7 Å². The molecule has 1 aromatic carbocycles. The lowest BCUT2D eigenvalue weighted by Gasteiger charge is -2.31. The smallest absolute Gasteiger partial charge is 0.414 e. The number of ether oxygens (including phenoxy) is 1. The van der Waals surface area contributed by atoms with Crippen molar-refractivity contribution in [2.75, 3.05) is 26.7 Å². The molecule has 3 heterocycles. The van der Waals surface area contributed by atoms with Gasteiger partial charge in [-0.25, -0.2) is 9.59 Å². The van der Waals surface area contributed by atoms with Gasteiger partial charge in [-0.3, -0.25) is 4.68 Å².